The van der Waals surface area contributed by atoms with Gasteiger partial charge in [0.2, 0.25) is 0 Å². The molecular weight excluding hydrogens is 372 g/mol. The summed E-state index contributed by atoms with van der Waals surface area (Å²) in [6.07, 6.45) is 8.90. The van der Waals surface area contributed by atoms with E-state index in [0.29, 0.717) is 29.8 Å². The number of carbonyl (C=O) groups excluding carboxylic acids is 1. The molecule has 1 saturated carbocycles. The molecule has 1 aliphatic rings. The van der Waals surface area contributed by atoms with Crippen LogP contribution in [0.2, 0.25) is 0 Å². The van der Waals surface area contributed by atoms with Crippen LogP contribution in [-0.4, -0.2) is 12.6 Å². The Kier molecular flexibility index (Phi) is 8.36. The summed E-state index contributed by atoms with van der Waals surface area (Å²) in [5.74, 6) is 3.20. The highest BCUT2D eigenvalue weighted by Crippen LogP contribution is 2.41. The summed E-state index contributed by atoms with van der Waals surface area (Å²) >= 11 is 0. The first-order valence-corrected chi connectivity index (χ1v) is 11.7. The number of rotatable bonds is 9. The monoisotopic (exact) mass is 408 g/mol. The molecule has 0 aromatic heterocycles. The van der Waals surface area contributed by atoms with Crippen LogP contribution in [0.4, 0.5) is 0 Å². The highest BCUT2D eigenvalue weighted by Gasteiger charge is 2.28. The summed E-state index contributed by atoms with van der Waals surface area (Å²) < 4.78 is 11.1. The number of benzene rings is 2. The van der Waals surface area contributed by atoms with Crippen molar-refractivity contribution in [1.82, 2.24) is 0 Å². The highest BCUT2D eigenvalue weighted by molar-refractivity contribution is 5.91. The molecule has 30 heavy (non-hydrogen) atoms. The summed E-state index contributed by atoms with van der Waals surface area (Å²) in [5, 5.41) is 0. The van der Waals surface area contributed by atoms with E-state index in [1.165, 1.54) is 44.1 Å². The van der Waals surface area contributed by atoms with Gasteiger partial charge in [-0.1, -0.05) is 52.2 Å². The van der Waals surface area contributed by atoms with Gasteiger partial charge in [0, 0.05) is 0 Å². The molecule has 3 unspecified atom stereocenters. The minimum Gasteiger partial charge on any atom is -0.494 e. The Hall–Kier alpha value is -2.29. The van der Waals surface area contributed by atoms with E-state index in [1.807, 2.05) is 24.3 Å². The van der Waals surface area contributed by atoms with Gasteiger partial charge in [-0.2, -0.15) is 0 Å². The van der Waals surface area contributed by atoms with Crippen LogP contribution in [0.1, 0.15) is 87.6 Å². The average Bonchev–Trinajstić information content (AvgIpc) is 2.77. The molecule has 1 aliphatic carbocycles. The van der Waals surface area contributed by atoms with Crippen molar-refractivity contribution in [2.75, 3.05) is 6.61 Å². The second-order valence-corrected chi connectivity index (χ2v) is 8.74. The van der Waals surface area contributed by atoms with Gasteiger partial charge < -0.3 is 9.47 Å². The average molecular weight is 409 g/mol. The quantitative estimate of drug-likeness (QED) is 0.320. The number of hydrogen-bond donors (Lipinski definition) is 0. The van der Waals surface area contributed by atoms with Crippen molar-refractivity contribution in [2.24, 2.45) is 11.8 Å². The van der Waals surface area contributed by atoms with E-state index in [0.717, 1.165) is 18.1 Å². The van der Waals surface area contributed by atoms with Crippen molar-refractivity contribution in [1.29, 1.82) is 0 Å². The maximum atomic E-state index is 12.5. The van der Waals surface area contributed by atoms with Crippen LogP contribution in [0, 0.1) is 11.8 Å². The van der Waals surface area contributed by atoms with Crippen molar-refractivity contribution < 1.29 is 14.3 Å². The Bertz CT molecular complexity index is 779. The van der Waals surface area contributed by atoms with Gasteiger partial charge in [0.25, 0.3) is 0 Å². The maximum Gasteiger partial charge on any atom is 0.343 e. The topological polar surface area (TPSA) is 35.5 Å². The smallest absolute Gasteiger partial charge is 0.343 e. The molecule has 0 aliphatic heterocycles. The van der Waals surface area contributed by atoms with E-state index in [2.05, 4.69) is 32.9 Å². The fourth-order valence-corrected chi connectivity index (χ4v) is 4.61. The predicted octanol–water partition coefficient (Wildman–Crippen LogP) is 7.40. The van der Waals surface area contributed by atoms with Crippen molar-refractivity contribution >= 4 is 5.97 Å². The van der Waals surface area contributed by atoms with Crippen LogP contribution in [0.15, 0.2) is 48.5 Å². The zero-order valence-electron chi connectivity index (χ0n) is 18.7. The predicted molar refractivity (Wildman–Crippen MR) is 122 cm³/mol. The lowest BCUT2D eigenvalue weighted by Crippen LogP contribution is -2.21. The van der Waals surface area contributed by atoms with Gasteiger partial charge in [0.15, 0.2) is 0 Å². The Balaban J connectivity index is 1.55. The van der Waals surface area contributed by atoms with Gasteiger partial charge in [-0.3, -0.25) is 0 Å². The maximum absolute atomic E-state index is 12.5. The molecule has 3 nitrogen and oxygen atoms in total. The van der Waals surface area contributed by atoms with E-state index in [-0.39, 0.29) is 5.97 Å². The first-order chi connectivity index (χ1) is 14.6. The number of ether oxygens (including phenoxy) is 2. The van der Waals surface area contributed by atoms with Gasteiger partial charge in [-0.25, -0.2) is 4.79 Å². The number of hydrogen-bond acceptors (Lipinski definition) is 3. The van der Waals surface area contributed by atoms with E-state index < -0.39 is 0 Å². The van der Waals surface area contributed by atoms with Gasteiger partial charge in [-0.15, -0.1) is 0 Å². The molecule has 0 radical (unpaired) electrons. The van der Waals surface area contributed by atoms with Crippen molar-refractivity contribution in [2.45, 2.75) is 71.6 Å². The lowest BCUT2D eigenvalue weighted by Gasteiger charge is -2.34. The first kappa shape index (κ1) is 22.4. The fraction of sp³-hybridized carbons (Fsp3) is 0.519. The fourth-order valence-electron chi connectivity index (χ4n) is 4.61. The molecule has 3 heteroatoms. The first-order valence-electron chi connectivity index (χ1n) is 11.7. The van der Waals surface area contributed by atoms with E-state index in [9.17, 15) is 4.79 Å². The number of esters is 1. The largest absolute Gasteiger partial charge is 0.494 e. The van der Waals surface area contributed by atoms with Crippen LogP contribution >= 0.6 is 0 Å². The highest BCUT2D eigenvalue weighted by atomic mass is 16.5. The third-order valence-corrected chi connectivity index (χ3v) is 6.33. The summed E-state index contributed by atoms with van der Waals surface area (Å²) in [7, 11) is 0. The molecule has 0 saturated heterocycles. The number of unbranched alkanes of at least 4 members (excludes halogenated alkanes) is 1. The minimum atomic E-state index is -0.319. The van der Waals surface area contributed by atoms with Crippen molar-refractivity contribution in [3.05, 3.63) is 59.7 Å². The third-order valence-electron chi connectivity index (χ3n) is 6.33. The third kappa shape index (κ3) is 6.10. The molecule has 1 fully saturated rings. The van der Waals surface area contributed by atoms with E-state index in [1.54, 1.807) is 12.1 Å². The molecule has 2 aromatic rings. The zero-order valence-corrected chi connectivity index (χ0v) is 18.7. The molecule has 0 bridgehead atoms. The molecule has 0 heterocycles. The molecule has 2 aromatic carbocycles. The van der Waals surface area contributed by atoms with Crippen molar-refractivity contribution in [3.8, 4) is 11.5 Å². The number of carbonyl (C=O) groups is 1. The molecule has 0 spiro atoms. The minimum absolute atomic E-state index is 0.319. The van der Waals surface area contributed by atoms with Gasteiger partial charge in [0.1, 0.15) is 11.5 Å². The van der Waals surface area contributed by atoms with Crippen LogP contribution in [0.3, 0.4) is 0 Å². The van der Waals surface area contributed by atoms with Crippen LogP contribution in [0.5, 0.6) is 11.5 Å². The van der Waals surface area contributed by atoms with Gasteiger partial charge in [-0.05, 0) is 85.4 Å². The second kappa shape index (κ2) is 11.2. The Morgan fingerprint density at radius 2 is 1.63 bits per heavy atom. The normalized spacial score (nSPS) is 21.2. The zero-order chi connectivity index (χ0) is 21.3. The van der Waals surface area contributed by atoms with Gasteiger partial charge in [0.05, 0.1) is 12.2 Å². The van der Waals surface area contributed by atoms with Crippen LogP contribution in [0.25, 0.3) is 0 Å². The van der Waals surface area contributed by atoms with Crippen LogP contribution < -0.4 is 9.47 Å². The molecule has 3 rings (SSSR count). The summed E-state index contributed by atoms with van der Waals surface area (Å²) in [5.41, 5.74) is 1.94. The lowest BCUT2D eigenvalue weighted by molar-refractivity contribution is 0.0734. The van der Waals surface area contributed by atoms with E-state index in [4.69, 9.17) is 9.47 Å². The molecular formula is C27H36O3. The Morgan fingerprint density at radius 1 is 0.933 bits per heavy atom. The summed E-state index contributed by atoms with van der Waals surface area (Å²) in [6, 6.07) is 15.3. The SMILES string of the molecule is CCCCC1CCC(c2ccc(C(=O)Oc3ccc(OCCC)cc3)cc2)C(C)C1. The second-order valence-electron chi connectivity index (χ2n) is 8.74. The molecule has 3 atom stereocenters. The lowest BCUT2D eigenvalue weighted by atomic mass is 9.71. The molecule has 0 N–H and O–H groups in total. The Morgan fingerprint density at radius 3 is 2.27 bits per heavy atom. The van der Waals surface area contributed by atoms with Crippen LogP contribution in [-0.2, 0) is 0 Å². The van der Waals surface area contributed by atoms with Crippen molar-refractivity contribution in [3.63, 3.8) is 0 Å². The van der Waals surface area contributed by atoms with E-state index >= 15 is 0 Å². The molecule has 162 valence electrons. The molecule has 0 amide bonds. The Labute approximate surface area is 181 Å². The van der Waals surface area contributed by atoms with Gasteiger partial charge >= 0.3 is 5.97 Å². The summed E-state index contributed by atoms with van der Waals surface area (Å²) in [4.78, 5) is 12.5. The summed E-state index contributed by atoms with van der Waals surface area (Å²) in [6.45, 7) is 7.42. The standard InChI is InChI=1S/C27H36O3/c1-4-6-7-21-8-17-26(20(3)19-21)22-9-11-23(12-10-22)27(28)30-25-15-13-24(14-16-25)29-18-5-2/h9-16,20-21,26H,4-8,17-19H2,1-3H3.